The van der Waals surface area contributed by atoms with Crippen LogP contribution in [0.5, 0.6) is 0 Å². The number of pyridine rings is 1. The highest BCUT2D eigenvalue weighted by Gasteiger charge is 2.08. The fourth-order valence-corrected chi connectivity index (χ4v) is 2.64. The van der Waals surface area contributed by atoms with E-state index in [4.69, 9.17) is 5.26 Å². The molecule has 1 atom stereocenters. The third-order valence-corrected chi connectivity index (χ3v) is 3.97. The summed E-state index contributed by atoms with van der Waals surface area (Å²) >= 11 is 1.80. The molecule has 0 saturated carbocycles. The van der Waals surface area contributed by atoms with E-state index >= 15 is 0 Å². The molecule has 4 heteroatoms. The first-order valence-electron chi connectivity index (χ1n) is 5.84. The van der Waals surface area contributed by atoms with E-state index in [0.717, 1.165) is 5.56 Å². The molecular formula is C14H15N3S. The van der Waals surface area contributed by atoms with Gasteiger partial charge in [-0.2, -0.15) is 5.26 Å². The quantitative estimate of drug-likeness (QED) is 0.915. The molecule has 1 unspecified atom stereocenters. The number of nitrogens with one attached hydrogen (secondary N) is 1. The SMILES string of the molecule is Cc1ccc(C(C)NCc2cccnc2C#N)s1. The fourth-order valence-electron chi connectivity index (χ4n) is 1.73. The zero-order chi connectivity index (χ0) is 13.0. The average molecular weight is 257 g/mol. The summed E-state index contributed by atoms with van der Waals surface area (Å²) in [6.07, 6.45) is 1.65. The van der Waals surface area contributed by atoms with Gasteiger partial charge in [0, 0.05) is 34.1 Å². The number of nitrogens with zero attached hydrogens (tertiary/aromatic N) is 2. The lowest BCUT2D eigenvalue weighted by atomic mass is 10.2. The van der Waals surface area contributed by atoms with Gasteiger partial charge in [0.15, 0.2) is 0 Å². The maximum atomic E-state index is 8.97. The average Bonchev–Trinajstić information content (AvgIpc) is 2.83. The zero-order valence-electron chi connectivity index (χ0n) is 10.5. The Kier molecular flexibility index (Phi) is 4.08. The molecule has 0 aliphatic carbocycles. The number of aryl methyl sites for hydroxylation is 1. The van der Waals surface area contributed by atoms with Gasteiger partial charge in [-0.15, -0.1) is 11.3 Å². The van der Waals surface area contributed by atoms with E-state index in [1.165, 1.54) is 9.75 Å². The minimum Gasteiger partial charge on any atom is -0.305 e. The van der Waals surface area contributed by atoms with Crippen molar-refractivity contribution in [2.75, 3.05) is 0 Å². The lowest BCUT2D eigenvalue weighted by Crippen LogP contribution is -2.18. The van der Waals surface area contributed by atoms with Crippen LogP contribution in [-0.4, -0.2) is 4.98 Å². The van der Waals surface area contributed by atoms with Crippen LogP contribution in [0.3, 0.4) is 0 Å². The molecule has 2 aromatic heterocycles. The number of rotatable bonds is 4. The maximum Gasteiger partial charge on any atom is 0.144 e. The Balaban J connectivity index is 2.02. The minimum absolute atomic E-state index is 0.287. The predicted octanol–water partition coefficient (Wildman–Crippen LogP) is 3.17. The number of hydrogen-bond donors (Lipinski definition) is 1. The highest BCUT2D eigenvalue weighted by Crippen LogP contribution is 2.22. The van der Waals surface area contributed by atoms with Crippen LogP contribution < -0.4 is 5.32 Å². The fraction of sp³-hybridized carbons (Fsp3) is 0.286. The second-order valence-electron chi connectivity index (χ2n) is 4.17. The van der Waals surface area contributed by atoms with Gasteiger partial charge in [0.2, 0.25) is 0 Å². The normalized spacial score (nSPS) is 12.1. The summed E-state index contributed by atoms with van der Waals surface area (Å²) in [7, 11) is 0. The van der Waals surface area contributed by atoms with Gasteiger partial charge < -0.3 is 5.32 Å². The van der Waals surface area contributed by atoms with Gasteiger partial charge in [-0.3, -0.25) is 0 Å². The van der Waals surface area contributed by atoms with E-state index in [-0.39, 0.29) is 6.04 Å². The van der Waals surface area contributed by atoms with E-state index in [9.17, 15) is 0 Å². The molecule has 0 amide bonds. The van der Waals surface area contributed by atoms with Gasteiger partial charge in [-0.25, -0.2) is 4.98 Å². The lowest BCUT2D eigenvalue weighted by molar-refractivity contribution is 0.581. The van der Waals surface area contributed by atoms with E-state index < -0.39 is 0 Å². The largest absolute Gasteiger partial charge is 0.305 e. The molecule has 0 aliphatic rings. The number of thiophene rings is 1. The molecule has 1 N–H and O–H groups in total. The first-order valence-corrected chi connectivity index (χ1v) is 6.66. The van der Waals surface area contributed by atoms with Crippen molar-refractivity contribution in [2.45, 2.75) is 26.4 Å². The molecule has 0 spiro atoms. The van der Waals surface area contributed by atoms with E-state index in [1.807, 2.05) is 12.1 Å². The first-order chi connectivity index (χ1) is 8.70. The van der Waals surface area contributed by atoms with Crippen molar-refractivity contribution in [3.8, 4) is 6.07 Å². The maximum absolute atomic E-state index is 8.97. The molecule has 3 nitrogen and oxygen atoms in total. The third kappa shape index (κ3) is 2.95. The number of hydrogen-bond acceptors (Lipinski definition) is 4. The monoisotopic (exact) mass is 257 g/mol. The molecule has 2 rings (SSSR count). The summed E-state index contributed by atoms with van der Waals surface area (Å²) in [6, 6.07) is 10.5. The molecule has 0 aromatic carbocycles. The minimum atomic E-state index is 0.287. The van der Waals surface area contributed by atoms with Gasteiger partial charge in [0.25, 0.3) is 0 Å². The van der Waals surface area contributed by atoms with Crippen molar-refractivity contribution in [3.63, 3.8) is 0 Å². The van der Waals surface area contributed by atoms with Crippen molar-refractivity contribution < 1.29 is 0 Å². The summed E-state index contributed by atoms with van der Waals surface area (Å²) in [4.78, 5) is 6.69. The Morgan fingerprint density at radius 2 is 2.28 bits per heavy atom. The van der Waals surface area contributed by atoms with Gasteiger partial charge in [-0.05, 0) is 32.0 Å². The lowest BCUT2D eigenvalue weighted by Gasteiger charge is -2.12. The Labute approximate surface area is 111 Å². The number of aromatic nitrogens is 1. The molecule has 18 heavy (non-hydrogen) atoms. The molecule has 0 bridgehead atoms. The van der Waals surface area contributed by atoms with E-state index in [0.29, 0.717) is 12.2 Å². The summed E-state index contributed by atoms with van der Waals surface area (Å²) in [5.41, 5.74) is 1.44. The summed E-state index contributed by atoms with van der Waals surface area (Å²) in [5, 5.41) is 12.4. The van der Waals surface area contributed by atoms with E-state index in [2.05, 4.69) is 42.4 Å². The van der Waals surface area contributed by atoms with Crippen LogP contribution in [0, 0.1) is 18.3 Å². The second kappa shape index (κ2) is 5.76. The Hall–Kier alpha value is -1.70. The smallest absolute Gasteiger partial charge is 0.144 e. The third-order valence-electron chi connectivity index (χ3n) is 2.78. The van der Waals surface area contributed by atoms with Crippen LogP contribution in [0.15, 0.2) is 30.5 Å². The van der Waals surface area contributed by atoms with Crippen LogP contribution >= 0.6 is 11.3 Å². The molecular weight excluding hydrogens is 242 g/mol. The van der Waals surface area contributed by atoms with Gasteiger partial charge in [-0.1, -0.05) is 6.07 Å². The van der Waals surface area contributed by atoms with Crippen molar-refractivity contribution in [3.05, 3.63) is 51.5 Å². The summed E-state index contributed by atoms with van der Waals surface area (Å²) < 4.78 is 0. The van der Waals surface area contributed by atoms with Crippen LogP contribution in [0.4, 0.5) is 0 Å². The topological polar surface area (TPSA) is 48.7 Å². The van der Waals surface area contributed by atoms with Crippen LogP contribution in [0.1, 0.15) is 34.0 Å². The molecule has 0 saturated heterocycles. The van der Waals surface area contributed by atoms with Crippen LogP contribution in [-0.2, 0) is 6.54 Å². The molecule has 92 valence electrons. The Bertz CT molecular complexity index is 568. The standard InChI is InChI=1S/C14H15N3S/c1-10-5-6-14(18-10)11(2)17-9-12-4-3-7-16-13(12)8-15/h3-7,11,17H,9H2,1-2H3. The van der Waals surface area contributed by atoms with Crippen molar-refractivity contribution in [2.24, 2.45) is 0 Å². The predicted molar refractivity (Wildman–Crippen MR) is 73.3 cm³/mol. The van der Waals surface area contributed by atoms with E-state index in [1.54, 1.807) is 17.5 Å². The number of nitriles is 1. The second-order valence-corrected chi connectivity index (χ2v) is 5.49. The zero-order valence-corrected chi connectivity index (χ0v) is 11.3. The molecule has 0 fully saturated rings. The van der Waals surface area contributed by atoms with Crippen molar-refractivity contribution >= 4 is 11.3 Å². The van der Waals surface area contributed by atoms with Gasteiger partial charge >= 0.3 is 0 Å². The Morgan fingerprint density at radius 3 is 2.94 bits per heavy atom. The Morgan fingerprint density at radius 1 is 1.44 bits per heavy atom. The van der Waals surface area contributed by atoms with Crippen molar-refractivity contribution in [1.29, 1.82) is 5.26 Å². The van der Waals surface area contributed by atoms with Crippen LogP contribution in [0.2, 0.25) is 0 Å². The van der Waals surface area contributed by atoms with Crippen LogP contribution in [0.25, 0.3) is 0 Å². The highest BCUT2D eigenvalue weighted by atomic mass is 32.1. The first kappa shape index (κ1) is 12.7. The van der Waals surface area contributed by atoms with Gasteiger partial charge in [0.05, 0.1) is 0 Å². The molecule has 0 radical (unpaired) electrons. The van der Waals surface area contributed by atoms with Gasteiger partial charge in [0.1, 0.15) is 11.8 Å². The molecule has 0 aliphatic heterocycles. The summed E-state index contributed by atoms with van der Waals surface area (Å²) in [5.74, 6) is 0. The highest BCUT2D eigenvalue weighted by molar-refractivity contribution is 7.12. The molecule has 2 aromatic rings. The summed E-state index contributed by atoms with van der Waals surface area (Å²) in [6.45, 7) is 4.90. The molecule has 2 heterocycles. The van der Waals surface area contributed by atoms with Crippen molar-refractivity contribution in [1.82, 2.24) is 10.3 Å².